The van der Waals surface area contributed by atoms with E-state index in [9.17, 15) is 32.8 Å². The summed E-state index contributed by atoms with van der Waals surface area (Å²) in [6.07, 6.45) is -3.22. The number of alkyl halides is 3. The van der Waals surface area contributed by atoms with E-state index in [0.29, 0.717) is 37.4 Å². The van der Waals surface area contributed by atoms with Crippen LogP contribution in [0.1, 0.15) is 34.0 Å². The molecule has 2 aromatic heterocycles. The van der Waals surface area contributed by atoms with E-state index >= 15 is 0 Å². The van der Waals surface area contributed by atoms with E-state index in [0.717, 1.165) is 27.8 Å². The van der Waals surface area contributed by atoms with Crippen molar-refractivity contribution in [2.75, 3.05) is 33.2 Å². The zero-order valence-corrected chi connectivity index (χ0v) is 30.2. The molecule has 3 heterocycles. The molecule has 0 unspecified atom stereocenters. The van der Waals surface area contributed by atoms with E-state index in [1.54, 1.807) is 42.2 Å². The summed E-state index contributed by atoms with van der Waals surface area (Å²) in [4.78, 5) is 43.6. The summed E-state index contributed by atoms with van der Waals surface area (Å²) < 4.78 is 45.6. The number of nitriles is 1. The topological polar surface area (TPSA) is 118 Å². The van der Waals surface area contributed by atoms with Crippen LogP contribution >= 0.6 is 0 Å². The Morgan fingerprint density at radius 3 is 2.29 bits per heavy atom. The van der Waals surface area contributed by atoms with E-state index in [-0.39, 0.29) is 45.5 Å². The van der Waals surface area contributed by atoms with Crippen LogP contribution in [0.2, 0.25) is 0 Å². The van der Waals surface area contributed by atoms with Crippen LogP contribution in [0, 0.1) is 11.3 Å². The molecular weight excluding hydrogens is 741 g/mol. The molecular formula is C37H36BrF3N8O3. The number of carbonyl (C=O) groups excluding carboxylic acids is 2. The first-order chi connectivity index (χ1) is 24.3. The minimum Gasteiger partial charge on any atom is -1.00 e. The van der Waals surface area contributed by atoms with Crippen molar-refractivity contribution in [3.05, 3.63) is 124 Å². The van der Waals surface area contributed by atoms with Crippen LogP contribution in [0.4, 0.5) is 13.2 Å². The van der Waals surface area contributed by atoms with Crippen LogP contribution in [0.5, 0.6) is 0 Å². The fraction of sp³-hybridized carbons (Fsp3) is 0.270. The summed E-state index contributed by atoms with van der Waals surface area (Å²) in [7, 11) is 3.60. The van der Waals surface area contributed by atoms with Crippen LogP contribution in [-0.2, 0) is 24.6 Å². The summed E-state index contributed by atoms with van der Waals surface area (Å²) >= 11 is 0. The molecule has 0 saturated carbocycles. The summed E-state index contributed by atoms with van der Waals surface area (Å²) in [5.41, 5.74) is 0.103. The number of rotatable bonds is 8. The van der Waals surface area contributed by atoms with Crippen LogP contribution in [0.25, 0.3) is 22.8 Å². The van der Waals surface area contributed by atoms with Crippen LogP contribution < -0.4 is 27.9 Å². The number of piperazine rings is 1. The number of amides is 2. The van der Waals surface area contributed by atoms with Crippen molar-refractivity contribution in [2.24, 2.45) is 7.05 Å². The molecule has 0 radical (unpaired) electrons. The first-order valence-corrected chi connectivity index (χ1v) is 16.3. The molecule has 2 amide bonds. The van der Waals surface area contributed by atoms with Gasteiger partial charge >= 0.3 is 6.18 Å². The lowest BCUT2D eigenvalue weighted by Gasteiger charge is -2.42. The summed E-state index contributed by atoms with van der Waals surface area (Å²) in [5.74, 6) is -1.18. The van der Waals surface area contributed by atoms with Crippen molar-refractivity contribution >= 4 is 11.8 Å². The fourth-order valence-electron chi connectivity index (χ4n) is 6.53. The molecule has 1 atom stereocenters. The number of quaternary nitrogens is 1. The fourth-order valence-corrected chi connectivity index (χ4v) is 6.53. The number of benzene rings is 3. The molecule has 1 aliphatic heterocycles. The average molecular weight is 778 g/mol. The molecule has 11 nitrogen and oxygen atoms in total. The molecule has 270 valence electrons. The predicted molar refractivity (Wildman–Crippen MR) is 183 cm³/mol. The number of carbonyl (C=O) groups is 2. The summed E-state index contributed by atoms with van der Waals surface area (Å²) in [5, 5.41) is 16.3. The molecule has 1 aliphatic rings. The Hall–Kier alpha value is -5.46. The number of aromatic nitrogens is 4. The Bertz CT molecular complexity index is 2180. The van der Waals surface area contributed by atoms with E-state index in [1.165, 1.54) is 40.3 Å². The molecule has 3 aromatic carbocycles. The van der Waals surface area contributed by atoms with E-state index in [1.807, 2.05) is 24.3 Å². The van der Waals surface area contributed by atoms with E-state index in [2.05, 4.69) is 29.6 Å². The standard InChI is InChI=1S/C37H35F3N8O3.BrH/c1-25(35(50)45-18-20-48(3,21-19-45)24-27-8-5-4-6-9-27)43-34(49)32-33(31-16-17-42-46(31)29-14-12-26(23-41)13-15-29)44(2)47(36(32)51)30-11-7-10-28(22-30)37(38,39)40;/h4-17,22,25H,18-21,24H2,1-3H3;1H/t25-;/m0./s1. The normalized spacial score (nSPS) is 14.6. The lowest BCUT2D eigenvalue weighted by atomic mass is 10.1. The maximum atomic E-state index is 14.2. The largest absolute Gasteiger partial charge is 1.00 e. The molecule has 6 rings (SSSR count). The second kappa shape index (κ2) is 15.0. The van der Waals surface area contributed by atoms with Gasteiger partial charge in [-0.05, 0) is 55.5 Å². The van der Waals surface area contributed by atoms with Gasteiger partial charge in [0, 0.05) is 12.6 Å². The van der Waals surface area contributed by atoms with Crippen molar-refractivity contribution < 1.29 is 44.2 Å². The van der Waals surface area contributed by atoms with Gasteiger partial charge in [-0.2, -0.15) is 23.5 Å². The molecule has 1 saturated heterocycles. The maximum Gasteiger partial charge on any atom is 0.416 e. The smallest absolute Gasteiger partial charge is 0.416 e. The minimum absolute atomic E-state index is 0. The zero-order valence-electron chi connectivity index (χ0n) is 28.6. The highest BCUT2D eigenvalue weighted by Gasteiger charge is 2.36. The predicted octanol–water partition coefficient (Wildman–Crippen LogP) is 1.53. The second-order valence-electron chi connectivity index (χ2n) is 12.9. The van der Waals surface area contributed by atoms with Gasteiger partial charge in [-0.3, -0.25) is 19.1 Å². The van der Waals surface area contributed by atoms with Gasteiger partial charge in [-0.25, -0.2) is 9.36 Å². The third-order valence-corrected chi connectivity index (χ3v) is 9.29. The van der Waals surface area contributed by atoms with Crippen molar-refractivity contribution in [3.8, 4) is 28.8 Å². The van der Waals surface area contributed by atoms with Gasteiger partial charge in [0.15, 0.2) is 0 Å². The Labute approximate surface area is 308 Å². The average Bonchev–Trinajstić information content (AvgIpc) is 3.69. The van der Waals surface area contributed by atoms with Crippen LogP contribution in [0.15, 0.2) is 95.9 Å². The van der Waals surface area contributed by atoms with Gasteiger partial charge in [-0.15, -0.1) is 0 Å². The number of halogens is 4. The molecule has 0 spiro atoms. The third-order valence-electron chi connectivity index (χ3n) is 9.29. The van der Waals surface area contributed by atoms with Gasteiger partial charge in [0.25, 0.3) is 11.5 Å². The SMILES string of the molecule is C[C@H](NC(=O)c1c(-c2ccnn2-c2ccc(C#N)cc2)n(C)n(-c2cccc(C(F)(F)F)c2)c1=O)C(=O)N1CC[N+](C)(Cc2ccccc2)CC1.[Br-]. The van der Waals surface area contributed by atoms with Crippen LogP contribution in [0.3, 0.4) is 0 Å². The second-order valence-corrected chi connectivity index (χ2v) is 12.9. The van der Waals surface area contributed by atoms with Crippen molar-refractivity contribution in [1.29, 1.82) is 5.26 Å². The number of nitrogens with one attached hydrogen (secondary N) is 1. The van der Waals surface area contributed by atoms with Crippen molar-refractivity contribution in [3.63, 3.8) is 0 Å². The van der Waals surface area contributed by atoms with Crippen molar-refractivity contribution in [1.82, 2.24) is 29.4 Å². The zero-order chi connectivity index (χ0) is 36.5. The van der Waals surface area contributed by atoms with E-state index < -0.39 is 29.2 Å². The Balaban J connectivity index is 0.00000523. The Morgan fingerprint density at radius 2 is 1.65 bits per heavy atom. The lowest BCUT2D eigenvalue weighted by molar-refractivity contribution is -0.926. The van der Waals surface area contributed by atoms with E-state index in [4.69, 9.17) is 0 Å². The first kappa shape index (κ1) is 37.8. The molecule has 5 aromatic rings. The monoisotopic (exact) mass is 776 g/mol. The number of likely N-dealkylation sites (N-methyl/N-ethyl adjacent to an activating group) is 1. The molecule has 0 bridgehead atoms. The quantitative estimate of drug-likeness (QED) is 0.240. The minimum atomic E-state index is -4.68. The van der Waals surface area contributed by atoms with Crippen molar-refractivity contribution in [2.45, 2.75) is 25.7 Å². The van der Waals surface area contributed by atoms with Gasteiger partial charge in [0.05, 0.1) is 73.7 Å². The summed E-state index contributed by atoms with van der Waals surface area (Å²) in [6, 6.07) is 23.4. The molecule has 15 heteroatoms. The Morgan fingerprint density at radius 1 is 0.981 bits per heavy atom. The highest BCUT2D eigenvalue weighted by molar-refractivity contribution is 6.02. The third kappa shape index (κ3) is 7.58. The van der Waals surface area contributed by atoms with Gasteiger partial charge in [0.1, 0.15) is 23.8 Å². The molecule has 1 N–H and O–H groups in total. The van der Waals surface area contributed by atoms with Gasteiger partial charge in [0.2, 0.25) is 5.91 Å². The highest BCUT2D eigenvalue weighted by atomic mass is 79.9. The van der Waals surface area contributed by atoms with Crippen LogP contribution in [-0.4, -0.2) is 79.6 Å². The number of nitrogens with zero attached hydrogens (tertiary/aromatic N) is 7. The maximum absolute atomic E-state index is 14.2. The molecule has 0 aliphatic carbocycles. The Kier molecular flexibility index (Phi) is 10.9. The first-order valence-electron chi connectivity index (χ1n) is 16.3. The molecule has 52 heavy (non-hydrogen) atoms. The highest BCUT2D eigenvalue weighted by Crippen LogP contribution is 2.31. The lowest BCUT2D eigenvalue weighted by Crippen LogP contribution is -3.00. The van der Waals surface area contributed by atoms with Gasteiger partial charge < -0.3 is 31.7 Å². The molecule has 1 fully saturated rings. The number of hydrogen-bond donors (Lipinski definition) is 1. The summed E-state index contributed by atoms with van der Waals surface area (Å²) in [6.45, 7) is 4.75. The van der Waals surface area contributed by atoms with Gasteiger partial charge in [-0.1, -0.05) is 36.4 Å². The number of hydrogen-bond acceptors (Lipinski definition) is 5.